The number of rotatable bonds is 3. The zero-order valence-corrected chi connectivity index (χ0v) is 12.0. The molecule has 2 heteroatoms. The molecule has 96 valence electrons. The second-order valence-electron chi connectivity index (χ2n) is 4.81. The first-order valence-corrected chi connectivity index (χ1v) is 7.21. The summed E-state index contributed by atoms with van der Waals surface area (Å²) in [4.78, 5) is 1.27. The van der Waals surface area contributed by atoms with Gasteiger partial charge < -0.3 is 4.74 Å². The van der Waals surface area contributed by atoms with E-state index in [1.807, 2.05) is 23.5 Å². The van der Waals surface area contributed by atoms with Gasteiger partial charge in [0, 0.05) is 9.58 Å². The predicted molar refractivity (Wildman–Crippen MR) is 82.1 cm³/mol. The predicted octanol–water partition coefficient (Wildman–Crippen LogP) is 5.10. The van der Waals surface area contributed by atoms with Gasteiger partial charge in [-0.2, -0.15) is 0 Å². The Bertz CT molecular complexity index is 695. The van der Waals surface area contributed by atoms with E-state index >= 15 is 0 Å². The Hall–Kier alpha value is -1.80. The number of hydrogen-bond donors (Lipinski definition) is 0. The Labute approximate surface area is 117 Å². The minimum atomic E-state index is 0.641. The van der Waals surface area contributed by atoms with Gasteiger partial charge in [0.25, 0.3) is 0 Å². The van der Waals surface area contributed by atoms with Crippen molar-refractivity contribution in [1.82, 2.24) is 0 Å². The van der Waals surface area contributed by atoms with Crippen LogP contribution in [0, 0.1) is 13.8 Å². The number of benzene rings is 2. The first-order valence-electron chi connectivity index (χ1n) is 6.40. The molecular formula is C17H16OS. The fraction of sp³-hybridized carbons (Fsp3) is 0.176. The van der Waals surface area contributed by atoms with Crippen LogP contribution < -0.4 is 4.74 Å². The molecule has 1 heterocycles. The summed E-state index contributed by atoms with van der Waals surface area (Å²) < 4.78 is 7.19. The summed E-state index contributed by atoms with van der Waals surface area (Å²) in [6, 6.07) is 16.8. The Balaban J connectivity index is 1.78. The van der Waals surface area contributed by atoms with Crippen molar-refractivity contribution < 1.29 is 4.74 Å². The van der Waals surface area contributed by atoms with Crippen molar-refractivity contribution in [2.75, 3.05) is 0 Å². The third-order valence-electron chi connectivity index (χ3n) is 3.19. The molecule has 3 aromatic rings. The smallest absolute Gasteiger partial charge is 0.122 e. The van der Waals surface area contributed by atoms with Crippen molar-refractivity contribution in [2.45, 2.75) is 20.5 Å². The fourth-order valence-electron chi connectivity index (χ4n) is 2.12. The van der Waals surface area contributed by atoms with Crippen LogP contribution in [0.15, 0.2) is 48.5 Å². The second-order valence-corrected chi connectivity index (χ2v) is 5.94. The third-order valence-corrected chi connectivity index (χ3v) is 4.45. The van der Waals surface area contributed by atoms with Crippen molar-refractivity contribution in [3.05, 3.63) is 64.5 Å². The van der Waals surface area contributed by atoms with Crippen LogP contribution in [0.4, 0.5) is 0 Å². The topological polar surface area (TPSA) is 9.23 Å². The van der Waals surface area contributed by atoms with E-state index in [-0.39, 0.29) is 0 Å². The maximum Gasteiger partial charge on any atom is 0.122 e. The number of hydrogen-bond acceptors (Lipinski definition) is 2. The zero-order valence-electron chi connectivity index (χ0n) is 11.1. The monoisotopic (exact) mass is 268 g/mol. The molecule has 0 aliphatic rings. The summed E-state index contributed by atoms with van der Waals surface area (Å²) in [5.74, 6) is 0.930. The first-order chi connectivity index (χ1) is 9.22. The van der Waals surface area contributed by atoms with Gasteiger partial charge >= 0.3 is 0 Å². The number of aryl methyl sites for hydroxylation is 2. The van der Waals surface area contributed by atoms with Crippen LogP contribution >= 0.6 is 11.3 Å². The molecule has 0 spiro atoms. The van der Waals surface area contributed by atoms with E-state index in [0.717, 1.165) is 5.75 Å². The van der Waals surface area contributed by atoms with Crippen molar-refractivity contribution in [1.29, 1.82) is 0 Å². The fourth-order valence-corrected chi connectivity index (χ4v) is 3.16. The van der Waals surface area contributed by atoms with Gasteiger partial charge in [-0.1, -0.05) is 35.9 Å². The Morgan fingerprint density at radius 1 is 1.00 bits per heavy atom. The molecule has 1 aromatic heterocycles. The minimum Gasteiger partial charge on any atom is -0.488 e. The molecule has 0 unspecified atom stereocenters. The number of ether oxygens (including phenoxy) is 1. The maximum absolute atomic E-state index is 5.83. The van der Waals surface area contributed by atoms with Gasteiger partial charge in [-0.25, -0.2) is 0 Å². The number of thiophene rings is 1. The Morgan fingerprint density at radius 3 is 2.53 bits per heavy atom. The van der Waals surface area contributed by atoms with E-state index < -0.39 is 0 Å². The zero-order chi connectivity index (χ0) is 13.2. The van der Waals surface area contributed by atoms with Gasteiger partial charge in [0.05, 0.1) is 0 Å². The molecule has 0 aliphatic heterocycles. The van der Waals surface area contributed by atoms with E-state index in [9.17, 15) is 0 Å². The highest BCUT2D eigenvalue weighted by Crippen LogP contribution is 2.29. The molecule has 3 rings (SSSR count). The lowest BCUT2D eigenvalue weighted by Crippen LogP contribution is -1.92. The molecular weight excluding hydrogens is 252 g/mol. The standard InChI is InChI=1S/C17H16OS/c1-12-6-8-15(9-7-12)18-11-16-10-14-5-3-4-13(2)17(14)19-16/h3-10H,11H2,1-2H3. The van der Waals surface area contributed by atoms with Crippen molar-refractivity contribution in [3.8, 4) is 5.75 Å². The van der Waals surface area contributed by atoms with Crippen LogP contribution in [0.3, 0.4) is 0 Å². The molecule has 0 radical (unpaired) electrons. The lowest BCUT2D eigenvalue weighted by atomic mass is 10.2. The highest BCUT2D eigenvalue weighted by atomic mass is 32.1. The van der Waals surface area contributed by atoms with Crippen LogP contribution in [0.25, 0.3) is 10.1 Å². The molecule has 0 aliphatic carbocycles. The van der Waals surface area contributed by atoms with Crippen LogP contribution in [0.5, 0.6) is 5.75 Å². The maximum atomic E-state index is 5.83. The van der Waals surface area contributed by atoms with E-state index in [0.29, 0.717) is 6.61 Å². The number of fused-ring (bicyclic) bond motifs is 1. The lowest BCUT2D eigenvalue weighted by molar-refractivity contribution is 0.310. The SMILES string of the molecule is Cc1ccc(OCc2cc3cccc(C)c3s2)cc1. The first kappa shape index (κ1) is 12.2. The molecule has 19 heavy (non-hydrogen) atoms. The van der Waals surface area contributed by atoms with Crippen LogP contribution in [0.2, 0.25) is 0 Å². The lowest BCUT2D eigenvalue weighted by Gasteiger charge is -2.04. The summed E-state index contributed by atoms with van der Waals surface area (Å²) in [7, 11) is 0. The molecule has 0 amide bonds. The molecule has 1 nitrogen and oxygen atoms in total. The van der Waals surface area contributed by atoms with Crippen LogP contribution in [0.1, 0.15) is 16.0 Å². The van der Waals surface area contributed by atoms with Gasteiger partial charge in [-0.3, -0.25) is 0 Å². The van der Waals surface area contributed by atoms with Crippen molar-refractivity contribution in [3.63, 3.8) is 0 Å². The molecule has 2 aromatic carbocycles. The van der Waals surface area contributed by atoms with E-state index in [1.54, 1.807) is 0 Å². The van der Waals surface area contributed by atoms with Crippen LogP contribution in [-0.4, -0.2) is 0 Å². The highest BCUT2D eigenvalue weighted by Gasteiger charge is 2.04. The molecule has 0 bridgehead atoms. The molecule has 0 fully saturated rings. The highest BCUT2D eigenvalue weighted by molar-refractivity contribution is 7.19. The summed E-state index contributed by atoms with van der Waals surface area (Å²) in [6.07, 6.45) is 0. The summed E-state index contributed by atoms with van der Waals surface area (Å²) in [5.41, 5.74) is 2.59. The van der Waals surface area contributed by atoms with Gasteiger partial charge in [-0.05, 0) is 43.0 Å². The van der Waals surface area contributed by atoms with E-state index in [1.165, 1.54) is 26.1 Å². The summed E-state index contributed by atoms with van der Waals surface area (Å²) in [6.45, 7) is 4.88. The third kappa shape index (κ3) is 2.64. The van der Waals surface area contributed by atoms with Gasteiger partial charge in [0.15, 0.2) is 0 Å². The average Bonchev–Trinajstić information content (AvgIpc) is 2.83. The van der Waals surface area contributed by atoms with Crippen molar-refractivity contribution >= 4 is 21.4 Å². The van der Waals surface area contributed by atoms with E-state index in [4.69, 9.17) is 4.74 Å². The van der Waals surface area contributed by atoms with Gasteiger partial charge in [0.1, 0.15) is 12.4 Å². The van der Waals surface area contributed by atoms with Crippen LogP contribution in [-0.2, 0) is 6.61 Å². The van der Waals surface area contributed by atoms with E-state index in [2.05, 4.69) is 50.2 Å². The Morgan fingerprint density at radius 2 is 1.79 bits per heavy atom. The molecule has 0 saturated carbocycles. The quantitative estimate of drug-likeness (QED) is 0.642. The largest absolute Gasteiger partial charge is 0.488 e. The Kier molecular flexibility index (Phi) is 3.26. The summed E-state index contributed by atoms with van der Waals surface area (Å²) >= 11 is 1.82. The molecule has 0 atom stereocenters. The summed E-state index contributed by atoms with van der Waals surface area (Å²) in [5, 5.41) is 1.31. The normalized spacial score (nSPS) is 10.8. The van der Waals surface area contributed by atoms with Crippen molar-refractivity contribution in [2.24, 2.45) is 0 Å². The minimum absolute atomic E-state index is 0.641. The van der Waals surface area contributed by atoms with Gasteiger partial charge in [-0.15, -0.1) is 11.3 Å². The average molecular weight is 268 g/mol. The molecule has 0 N–H and O–H groups in total. The van der Waals surface area contributed by atoms with Gasteiger partial charge in [0.2, 0.25) is 0 Å². The second kappa shape index (κ2) is 5.06. The molecule has 0 saturated heterocycles.